The van der Waals surface area contributed by atoms with Crippen LogP contribution in [0.3, 0.4) is 0 Å². The molecule has 3 rings (SSSR count). The molecule has 0 unspecified atom stereocenters. The Balaban J connectivity index is 1.66. The van der Waals surface area contributed by atoms with Crippen LogP contribution in [0.4, 0.5) is 0 Å². The van der Waals surface area contributed by atoms with Crippen LogP contribution >= 0.6 is 0 Å². The molecule has 1 aromatic heterocycles. The van der Waals surface area contributed by atoms with Gasteiger partial charge < -0.3 is 9.88 Å². The number of para-hydroxylation sites is 2. The molecule has 2 heterocycles. The topological polar surface area (TPSA) is 49.0 Å². The highest BCUT2D eigenvalue weighted by Gasteiger charge is 2.35. The maximum Gasteiger partial charge on any atom is 0.225 e. The Morgan fingerprint density at radius 2 is 2.05 bits per heavy atom. The van der Waals surface area contributed by atoms with Crippen LogP contribution < -0.4 is 0 Å². The van der Waals surface area contributed by atoms with Crippen molar-refractivity contribution in [1.82, 2.24) is 14.9 Å². The fourth-order valence-electron chi connectivity index (χ4n) is 2.89. The molecule has 106 valence electrons. The van der Waals surface area contributed by atoms with E-state index in [9.17, 15) is 4.79 Å². The molecule has 1 aliphatic heterocycles. The summed E-state index contributed by atoms with van der Waals surface area (Å²) in [7, 11) is 0. The number of H-pyrrole nitrogens is 1. The molecule has 20 heavy (non-hydrogen) atoms. The summed E-state index contributed by atoms with van der Waals surface area (Å²) in [5.74, 6) is 1.87. The number of aromatic nitrogens is 2. The number of likely N-dealkylation sites (tertiary alicyclic amines) is 1. The smallest absolute Gasteiger partial charge is 0.225 e. The molecule has 4 heteroatoms. The van der Waals surface area contributed by atoms with Crippen molar-refractivity contribution < 1.29 is 4.79 Å². The van der Waals surface area contributed by atoms with Gasteiger partial charge in [-0.3, -0.25) is 4.79 Å². The van der Waals surface area contributed by atoms with Crippen LogP contribution in [0.2, 0.25) is 0 Å². The molecule has 1 aliphatic rings. The zero-order valence-electron chi connectivity index (χ0n) is 12.1. The van der Waals surface area contributed by atoms with Crippen molar-refractivity contribution in [2.45, 2.75) is 32.6 Å². The Kier molecular flexibility index (Phi) is 3.47. The van der Waals surface area contributed by atoms with Gasteiger partial charge >= 0.3 is 0 Å². The molecule has 2 aromatic rings. The third kappa shape index (κ3) is 2.19. The summed E-state index contributed by atoms with van der Waals surface area (Å²) in [5.41, 5.74) is 2.08. The fraction of sp³-hybridized carbons (Fsp3) is 0.500. The number of imidazole rings is 1. The van der Waals surface area contributed by atoms with E-state index in [1.807, 2.05) is 29.2 Å². The van der Waals surface area contributed by atoms with Gasteiger partial charge in [-0.25, -0.2) is 4.98 Å². The predicted octanol–water partition coefficient (Wildman–Crippen LogP) is 2.92. The zero-order valence-corrected chi connectivity index (χ0v) is 12.1. The number of fused-ring (bicyclic) bond motifs is 1. The maximum absolute atomic E-state index is 12.2. The van der Waals surface area contributed by atoms with Gasteiger partial charge in [-0.1, -0.05) is 26.0 Å². The first-order valence-corrected chi connectivity index (χ1v) is 7.46. The van der Waals surface area contributed by atoms with E-state index < -0.39 is 0 Å². The lowest BCUT2D eigenvalue weighted by Gasteiger charge is -2.40. The van der Waals surface area contributed by atoms with E-state index in [0.717, 1.165) is 42.8 Å². The summed E-state index contributed by atoms with van der Waals surface area (Å²) in [5, 5.41) is 0. The van der Waals surface area contributed by atoms with Gasteiger partial charge in [0.2, 0.25) is 5.91 Å². The van der Waals surface area contributed by atoms with E-state index in [4.69, 9.17) is 0 Å². The van der Waals surface area contributed by atoms with Crippen LogP contribution in [0.1, 0.15) is 38.4 Å². The fourth-order valence-corrected chi connectivity index (χ4v) is 2.89. The summed E-state index contributed by atoms with van der Waals surface area (Å²) in [4.78, 5) is 22.2. The quantitative estimate of drug-likeness (QED) is 0.929. The Morgan fingerprint density at radius 3 is 2.70 bits per heavy atom. The average Bonchev–Trinajstić information content (AvgIpc) is 2.81. The Labute approximate surface area is 119 Å². The van der Waals surface area contributed by atoms with Gasteiger partial charge in [0.05, 0.1) is 17.0 Å². The highest BCUT2D eigenvalue weighted by Crippen LogP contribution is 2.28. The Bertz CT molecular complexity index is 576. The second-order valence-corrected chi connectivity index (χ2v) is 5.59. The number of hydrogen-bond acceptors (Lipinski definition) is 2. The molecule has 0 aliphatic carbocycles. The van der Waals surface area contributed by atoms with Crippen LogP contribution in [0.15, 0.2) is 24.3 Å². The second kappa shape index (κ2) is 5.27. The molecule has 0 atom stereocenters. The lowest BCUT2D eigenvalue weighted by atomic mass is 9.94. The molecule has 4 nitrogen and oxygen atoms in total. The molecule has 0 spiro atoms. The van der Waals surface area contributed by atoms with Crippen molar-refractivity contribution in [2.24, 2.45) is 5.92 Å². The molecule has 1 amide bonds. The van der Waals surface area contributed by atoms with Gasteiger partial charge in [0.15, 0.2) is 0 Å². The lowest BCUT2D eigenvalue weighted by molar-refractivity contribution is -0.140. The van der Waals surface area contributed by atoms with Crippen molar-refractivity contribution in [1.29, 1.82) is 0 Å². The van der Waals surface area contributed by atoms with Gasteiger partial charge in [0.25, 0.3) is 0 Å². The minimum Gasteiger partial charge on any atom is -0.342 e. The monoisotopic (exact) mass is 271 g/mol. The van der Waals surface area contributed by atoms with Crippen LogP contribution in [-0.4, -0.2) is 33.9 Å². The summed E-state index contributed by atoms with van der Waals surface area (Å²) in [6, 6.07) is 8.06. The van der Waals surface area contributed by atoms with Crippen LogP contribution in [0.5, 0.6) is 0 Å². The minimum absolute atomic E-state index is 0.187. The largest absolute Gasteiger partial charge is 0.342 e. The number of nitrogens with one attached hydrogen (secondary N) is 1. The number of amides is 1. The maximum atomic E-state index is 12.2. The van der Waals surface area contributed by atoms with Gasteiger partial charge in [-0.2, -0.15) is 0 Å². The van der Waals surface area contributed by atoms with Crippen molar-refractivity contribution in [3.05, 3.63) is 30.1 Å². The van der Waals surface area contributed by atoms with Gasteiger partial charge in [0.1, 0.15) is 5.82 Å². The number of carbonyl (C=O) groups is 1. The Hall–Kier alpha value is -1.84. The first-order chi connectivity index (χ1) is 9.72. The molecule has 1 fully saturated rings. The number of aromatic amines is 1. The molecular weight excluding hydrogens is 250 g/mol. The lowest BCUT2D eigenvalue weighted by Crippen LogP contribution is -2.50. The standard InChI is InChI=1S/C16H21N3O/c1-3-11(4-2)16(20)19-9-12(10-19)15-17-13-7-5-6-8-14(13)18-15/h5-8,11-12H,3-4,9-10H2,1-2H3,(H,17,18). The second-order valence-electron chi connectivity index (χ2n) is 5.59. The number of nitrogens with zero attached hydrogens (tertiary/aromatic N) is 2. The molecular formula is C16H21N3O. The van der Waals surface area contributed by atoms with E-state index in [1.54, 1.807) is 0 Å². The van der Waals surface area contributed by atoms with Crippen LogP contribution in [0.25, 0.3) is 11.0 Å². The third-order valence-corrected chi connectivity index (χ3v) is 4.32. The summed E-state index contributed by atoms with van der Waals surface area (Å²) in [6.45, 7) is 5.77. The van der Waals surface area contributed by atoms with Gasteiger partial charge in [0, 0.05) is 19.0 Å². The minimum atomic E-state index is 0.187. The highest BCUT2D eigenvalue weighted by molar-refractivity contribution is 5.80. The molecule has 1 saturated heterocycles. The highest BCUT2D eigenvalue weighted by atomic mass is 16.2. The van der Waals surface area contributed by atoms with Crippen LogP contribution in [0, 0.1) is 5.92 Å². The van der Waals surface area contributed by atoms with Crippen molar-refractivity contribution in [2.75, 3.05) is 13.1 Å². The van der Waals surface area contributed by atoms with E-state index in [2.05, 4.69) is 23.8 Å². The van der Waals surface area contributed by atoms with E-state index in [-0.39, 0.29) is 5.92 Å². The predicted molar refractivity (Wildman–Crippen MR) is 79.5 cm³/mol. The van der Waals surface area contributed by atoms with Crippen molar-refractivity contribution >= 4 is 16.9 Å². The molecule has 0 radical (unpaired) electrons. The number of carbonyl (C=O) groups excluding carboxylic acids is 1. The number of benzene rings is 1. The normalized spacial score (nSPS) is 15.8. The Morgan fingerprint density at radius 1 is 1.35 bits per heavy atom. The average molecular weight is 271 g/mol. The van der Waals surface area contributed by atoms with Gasteiger partial charge in [-0.15, -0.1) is 0 Å². The molecule has 1 N–H and O–H groups in total. The zero-order chi connectivity index (χ0) is 14.1. The summed E-state index contributed by atoms with van der Waals surface area (Å²) >= 11 is 0. The van der Waals surface area contributed by atoms with Crippen molar-refractivity contribution in [3.63, 3.8) is 0 Å². The third-order valence-electron chi connectivity index (χ3n) is 4.32. The van der Waals surface area contributed by atoms with Crippen LogP contribution in [-0.2, 0) is 4.79 Å². The summed E-state index contributed by atoms with van der Waals surface area (Å²) < 4.78 is 0. The SMILES string of the molecule is CCC(CC)C(=O)N1CC(c2nc3ccccc3[nH]2)C1. The molecule has 0 bridgehead atoms. The first kappa shape index (κ1) is 13.2. The summed E-state index contributed by atoms with van der Waals surface area (Å²) in [6.07, 6.45) is 1.86. The van der Waals surface area contributed by atoms with E-state index >= 15 is 0 Å². The van der Waals surface area contributed by atoms with Crippen molar-refractivity contribution in [3.8, 4) is 0 Å². The number of rotatable bonds is 4. The van der Waals surface area contributed by atoms with E-state index in [0.29, 0.717) is 11.8 Å². The number of hydrogen-bond donors (Lipinski definition) is 1. The molecule has 0 saturated carbocycles. The van der Waals surface area contributed by atoms with Gasteiger partial charge in [-0.05, 0) is 25.0 Å². The van der Waals surface area contributed by atoms with E-state index in [1.165, 1.54) is 0 Å². The molecule has 1 aromatic carbocycles. The first-order valence-electron chi connectivity index (χ1n) is 7.46.